The van der Waals surface area contributed by atoms with Crippen molar-refractivity contribution in [2.45, 2.75) is 106 Å². The van der Waals surface area contributed by atoms with Gasteiger partial charge in [-0.2, -0.15) is 0 Å². The maximum Gasteiger partial charge on any atom is 0.123 e. The van der Waals surface area contributed by atoms with Gasteiger partial charge >= 0.3 is 0 Å². The van der Waals surface area contributed by atoms with Crippen LogP contribution >= 0.6 is 23.2 Å². The number of halogens is 3. The smallest absolute Gasteiger partial charge is 0.123 e. The zero-order valence-electron chi connectivity index (χ0n) is 70.1. The SMILES string of the molecule is C/C(=C\n1c2c(c3cc(C)ccc31)CN(C)CC2)c1ccncc1.C/C(=C\n1c2c(c3cc(Cl)ccc31)CN(C)CC2)c1cccnc1.C/C(=C\n1c2c(c3cc(Cl)ccc31)CN(C)CC2)c1ccncc1.C/C(=C\n1c2c(c3cc(F)ccc31)CN(C)CC2)c1ccncc1.C/C(=C\n1c2c(c3ccccc31)CN(C)CC2)c1ccncc1. The molecule has 0 atom stereocenters. The van der Waals surface area contributed by atoms with Gasteiger partial charge < -0.3 is 47.3 Å². The summed E-state index contributed by atoms with van der Waals surface area (Å²) in [5, 5.41) is 7.93. The van der Waals surface area contributed by atoms with Crippen molar-refractivity contribution in [2.24, 2.45) is 0 Å². The normalized spacial score (nSPS) is 15.7. The number of allylic oxidation sites excluding steroid dienone is 5. The van der Waals surface area contributed by atoms with E-state index in [1.807, 2.05) is 86.0 Å². The fraction of sp³-hybridized carbons (Fsp3) is 0.257. The molecule has 0 saturated heterocycles. The van der Waals surface area contributed by atoms with Crippen LogP contribution in [0.5, 0.6) is 0 Å². The minimum Gasteiger partial charge on any atom is -0.320 e. The fourth-order valence-corrected chi connectivity index (χ4v) is 18.1. The monoisotopic (exact) mass is 1620 g/mol. The maximum atomic E-state index is 13.8. The molecule has 15 heterocycles. The topological polar surface area (TPSA) is 105 Å². The molecule has 119 heavy (non-hydrogen) atoms. The molecule has 15 aromatic rings. The van der Waals surface area contributed by atoms with Gasteiger partial charge in [0, 0.05) is 256 Å². The molecule has 5 aromatic carbocycles. The quantitative estimate of drug-likeness (QED) is 0.131. The zero-order valence-corrected chi connectivity index (χ0v) is 71.6. The van der Waals surface area contributed by atoms with Gasteiger partial charge in [-0.05, 0) is 288 Å². The molecule has 0 fully saturated rings. The predicted octanol–water partition coefficient (Wildman–Crippen LogP) is 22.0. The average molecular weight is 1620 g/mol. The Morgan fingerprint density at radius 2 is 0.597 bits per heavy atom. The highest BCUT2D eigenvalue weighted by Crippen LogP contribution is 2.40. The van der Waals surface area contributed by atoms with Gasteiger partial charge in [-0.25, -0.2) is 4.39 Å². The molecule has 0 bridgehead atoms. The molecule has 18 heteroatoms. The van der Waals surface area contributed by atoms with Crippen LogP contribution < -0.4 is 0 Å². The summed E-state index contributed by atoms with van der Waals surface area (Å²) in [4.78, 5) is 32.5. The number of aromatic nitrogens is 10. The molecule has 0 radical (unpaired) electrons. The van der Waals surface area contributed by atoms with E-state index < -0.39 is 0 Å². The Morgan fingerprint density at radius 3 is 0.941 bits per heavy atom. The second kappa shape index (κ2) is 36.0. The van der Waals surface area contributed by atoms with Crippen molar-refractivity contribution < 1.29 is 4.39 Å². The Labute approximate surface area is 708 Å². The standard InChI is InChI=1S/C21H23N3.2C20H20ClN3.C20H20FN3.C20H21N3/c1-15-4-5-20-18(12-15)19-14-23(3)11-8-21(19)24(20)13-16(2)17-6-9-22-10-7-17;1-14(15-5-8-22-9-6-15)12-24-19-4-3-16(21)11-17(19)18-13-23(2)10-7-20(18)24;1-14(15-4-3-8-22-11-15)12-24-19-6-5-16(21)10-17(19)18-13-23(2)9-7-20(18)24;1-14(15-5-8-22-9-6-15)12-24-19-4-3-16(21)11-17(19)18-13-23(2)10-7-20(18)24;1-15(16-7-10-21-11-8-16)13-23-19-6-4-3-5-17(19)18-14-22(2)12-9-20(18)23/h4-7,9-10,12-13H,8,11,14H2,1-3H3;3-6,8-9,11-12H,7,10,13H2,1-2H3;3-6,8,10-12H,7,9,13H2,1-2H3;3-6,8-9,11-12H,7,10,13H2,1-2H3;3-8,10-11,13H,9,12,14H2,1-2H3/b16-13+;3*14-12+;15-13+. The van der Waals surface area contributed by atoms with Gasteiger partial charge in [0.25, 0.3) is 0 Å². The Bertz CT molecular complexity index is 5740. The molecule has 0 saturated carbocycles. The van der Waals surface area contributed by atoms with Crippen LogP contribution in [0.1, 0.15) is 124 Å². The number of pyridine rings is 5. The minimum atomic E-state index is -0.175. The van der Waals surface area contributed by atoms with Gasteiger partial charge in [0.15, 0.2) is 0 Å². The van der Waals surface area contributed by atoms with Gasteiger partial charge in [-0.15, -0.1) is 0 Å². The molecule has 0 amide bonds. The van der Waals surface area contributed by atoms with E-state index in [0.717, 1.165) is 130 Å². The molecule has 0 aliphatic carbocycles. The lowest BCUT2D eigenvalue weighted by atomic mass is 10.0. The molecule has 15 nitrogen and oxygen atoms in total. The first-order valence-corrected chi connectivity index (χ1v) is 42.1. The van der Waals surface area contributed by atoms with Crippen molar-refractivity contribution in [3.8, 4) is 0 Å². The summed E-state index contributed by atoms with van der Waals surface area (Å²) in [7, 11) is 10.9. The highest BCUT2D eigenvalue weighted by molar-refractivity contribution is 6.31. The van der Waals surface area contributed by atoms with Gasteiger partial charge in [-0.1, -0.05) is 59.1 Å². The van der Waals surface area contributed by atoms with Crippen LogP contribution in [0.25, 0.3) is 113 Å². The first kappa shape index (κ1) is 81.3. The van der Waals surface area contributed by atoms with Crippen LogP contribution in [0.4, 0.5) is 4.39 Å². The molecule has 0 unspecified atom stereocenters. The van der Waals surface area contributed by atoms with Crippen LogP contribution in [0.3, 0.4) is 0 Å². The Hall–Kier alpha value is -11.4. The number of hydrogen-bond acceptors (Lipinski definition) is 10. The first-order valence-electron chi connectivity index (χ1n) is 41.3. The summed E-state index contributed by atoms with van der Waals surface area (Å²) in [6, 6.07) is 53.5. The number of benzene rings is 5. The van der Waals surface area contributed by atoms with E-state index >= 15 is 0 Å². The summed E-state index contributed by atoms with van der Waals surface area (Å²) < 4.78 is 25.5. The summed E-state index contributed by atoms with van der Waals surface area (Å²) in [5.74, 6) is -0.175. The number of fused-ring (bicyclic) bond motifs is 15. The van der Waals surface area contributed by atoms with E-state index in [9.17, 15) is 4.39 Å². The highest BCUT2D eigenvalue weighted by Gasteiger charge is 2.28. The zero-order chi connectivity index (χ0) is 82.5. The number of rotatable bonds is 10. The first-order chi connectivity index (χ1) is 57.8. The van der Waals surface area contributed by atoms with E-state index in [4.69, 9.17) is 23.2 Å². The maximum absolute atomic E-state index is 13.8. The number of aryl methyl sites for hydroxylation is 1. The number of nitrogens with zero attached hydrogens (tertiary/aromatic N) is 15. The second-order valence-electron chi connectivity index (χ2n) is 32.7. The largest absolute Gasteiger partial charge is 0.320 e. The van der Waals surface area contributed by atoms with Crippen LogP contribution in [-0.2, 0) is 64.8 Å². The Morgan fingerprint density at radius 1 is 0.303 bits per heavy atom. The molecule has 0 N–H and O–H groups in total. The van der Waals surface area contributed by atoms with Crippen molar-refractivity contribution in [3.63, 3.8) is 0 Å². The van der Waals surface area contributed by atoms with Gasteiger partial charge in [0.05, 0.1) is 27.6 Å². The Balaban J connectivity index is 0.000000111. The molecular weight excluding hydrogens is 1510 g/mol. The van der Waals surface area contributed by atoms with Crippen molar-refractivity contribution in [1.29, 1.82) is 0 Å². The third kappa shape index (κ3) is 17.7. The number of para-hydroxylation sites is 1. The lowest BCUT2D eigenvalue weighted by molar-refractivity contribution is 0.312. The van der Waals surface area contributed by atoms with Gasteiger partial charge in [-0.3, -0.25) is 24.9 Å². The highest BCUT2D eigenvalue weighted by atomic mass is 35.5. The molecule has 5 aliphatic rings. The molecule has 10 aromatic heterocycles. The summed E-state index contributed by atoms with van der Waals surface area (Å²) >= 11 is 12.5. The van der Waals surface area contributed by atoms with Gasteiger partial charge in [0.2, 0.25) is 0 Å². The van der Waals surface area contributed by atoms with Crippen molar-refractivity contribution >= 4 is 137 Å². The molecule has 604 valence electrons. The molecular formula is C101H104Cl2FN15. The average Bonchev–Trinajstić information content (AvgIpc) is 1.63. The fourth-order valence-electron chi connectivity index (χ4n) is 17.8. The van der Waals surface area contributed by atoms with Crippen molar-refractivity contribution in [1.82, 2.24) is 72.3 Å². The van der Waals surface area contributed by atoms with Crippen LogP contribution in [0.15, 0.2) is 220 Å². The van der Waals surface area contributed by atoms with Crippen molar-refractivity contribution in [3.05, 3.63) is 325 Å². The van der Waals surface area contributed by atoms with E-state index in [0.29, 0.717) is 0 Å². The summed E-state index contributed by atoms with van der Waals surface area (Å²) in [6.07, 6.45) is 34.9. The van der Waals surface area contributed by atoms with Crippen LogP contribution in [0, 0.1) is 12.7 Å². The van der Waals surface area contributed by atoms with E-state index in [2.05, 4.69) is 289 Å². The van der Waals surface area contributed by atoms with E-state index in [1.54, 1.807) is 24.5 Å². The third-order valence-electron chi connectivity index (χ3n) is 24.1. The molecule has 5 aliphatic heterocycles. The van der Waals surface area contributed by atoms with E-state index in [1.165, 1.54) is 150 Å². The van der Waals surface area contributed by atoms with E-state index in [-0.39, 0.29) is 5.82 Å². The lowest BCUT2D eigenvalue weighted by Crippen LogP contribution is -2.26. The lowest BCUT2D eigenvalue weighted by Gasteiger charge is -2.23. The summed E-state index contributed by atoms with van der Waals surface area (Å²) in [5.41, 5.74) is 33.6. The van der Waals surface area contributed by atoms with Crippen LogP contribution in [0.2, 0.25) is 10.0 Å². The molecule has 0 spiro atoms. The van der Waals surface area contributed by atoms with Crippen LogP contribution in [-0.4, -0.2) is 140 Å². The minimum absolute atomic E-state index is 0.175. The number of hydrogen-bond donors (Lipinski definition) is 0. The van der Waals surface area contributed by atoms with Crippen molar-refractivity contribution in [2.75, 3.05) is 68.0 Å². The van der Waals surface area contributed by atoms with Gasteiger partial charge in [0.1, 0.15) is 5.82 Å². The summed E-state index contributed by atoms with van der Waals surface area (Å²) in [6.45, 7) is 23.2. The Kier molecular flexibility index (Phi) is 24.6. The molecule has 20 rings (SSSR count). The predicted molar refractivity (Wildman–Crippen MR) is 495 cm³/mol. The second-order valence-corrected chi connectivity index (χ2v) is 33.6. The third-order valence-corrected chi connectivity index (χ3v) is 24.6. The number of likely N-dealkylation sites (N-methyl/N-ethyl adjacent to an activating group) is 5.